The van der Waals surface area contributed by atoms with Gasteiger partial charge in [-0.2, -0.15) is 0 Å². The predicted molar refractivity (Wildman–Crippen MR) is 229 cm³/mol. The maximum atomic E-state index is 13.5. The molecular weight excluding hydrogens is 815 g/mol. The van der Waals surface area contributed by atoms with Crippen LogP contribution in [-0.4, -0.2) is 71.4 Å². The van der Waals surface area contributed by atoms with Crippen molar-refractivity contribution in [1.82, 2.24) is 19.8 Å². The minimum absolute atomic E-state index is 0.0398. The molecule has 11 nitrogen and oxygen atoms in total. The van der Waals surface area contributed by atoms with Crippen LogP contribution >= 0.6 is 23.2 Å². The molecular formula is C48H40Cl2N4O7. The van der Waals surface area contributed by atoms with Crippen molar-refractivity contribution in [2.24, 2.45) is 0 Å². The minimum atomic E-state index is -1.02. The van der Waals surface area contributed by atoms with Crippen molar-refractivity contribution in [3.63, 3.8) is 0 Å². The second-order valence-corrected chi connectivity index (χ2v) is 15.7. The number of Topliss-reactive ketones (excluding diaryl/α,β-unsaturated/α-hetero) is 2. The molecule has 0 bridgehead atoms. The summed E-state index contributed by atoms with van der Waals surface area (Å²) in [4.78, 5) is 76.5. The highest BCUT2D eigenvalue weighted by Crippen LogP contribution is 2.29. The van der Waals surface area contributed by atoms with Crippen LogP contribution in [0.15, 0.2) is 134 Å². The minimum Gasteiger partial charge on any atom is -0.478 e. The van der Waals surface area contributed by atoms with Gasteiger partial charge in [-0.3, -0.25) is 29.1 Å². The highest BCUT2D eigenvalue weighted by Gasteiger charge is 2.37. The Balaban J connectivity index is 0.000000184. The first-order valence-electron chi connectivity index (χ1n) is 19.5. The van der Waals surface area contributed by atoms with Crippen LogP contribution in [0.1, 0.15) is 70.3 Å². The number of nitrogens with zero attached hydrogens (tertiary/aromatic N) is 4. The number of carbonyl (C=O) groups excluding carboxylic acids is 4. The van der Waals surface area contributed by atoms with Gasteiger partial charge in [-0.05, 0) is 101 Å². The normalized spacial score (nSPS) is 16.2. The number of ketones is 2. The smallest absolute Gasteiger partial charge is 0.335 e. The lowest BCUT2D eigenvalue weighted by molar-refractivity contribution is -0.123. The third-order valence-electron chi connectivity index (χ3n) is 10.7. The maximum absolute atomic E-state index is 13.5. The fourth-order valence-electron chi connectivity index (χ4n) is 7.53. The molecule has 8 rings (SSSR count). The second kappa shape index (κ2) is 19.2. The van der Waals surface area contributed by atoms with Crippen molar-refractivity contribution < 1.29 is 34.2 Å². The number of pyridine rings is 2. The number of hydrogen-bond donors (Lipinski definition) is 2. The Morgan fingerprint density at radius 1 is 0.590 bits per heavy atom. The van der Waals surface area contributed by atoms with Crippen LogP contribution in [0.3, 0.4) is 0 Å². The van der Waals surface area contributed by atoms with E-state index in [2.05, 4.69) is 9.97 Å². The molecule has 6 aromatic rings. The lowest BCUT2D eigenvalue weighted by Gasteiger charge is -2.29. The van der Waals surface area contributed by atoms with Crippen molar-refractivity contribution in [3.05, 3.63) is 200 Å². The molecule has 13 heteroatoms. The van der Waals surface area contributed by atoms with Gasteiger partial charge in [0.1, 0.15) is 0 Å². The summed E-state index contributed by atoms with van der Waals surface area (Å²) in [7, 11) is 0. The zero-order valence-electron chi connectivity index (χ0n) is 32.8. The number of rotatable bonds is 10. The Bertz CT molecular complexity index is 2570. The topological polar surface area (TPSA) is 158 Å². The average molecular weight is 856 g/mol. The molecule has 4 aromatic carbocycles. The van der Waals surface area contributed by atoms with Gasteiger partial charge in [0.05, 0.1) is 24.3 Å². The lowest BCUT2D eigenvalue weighted by atomic mass is 9.99. The Morgan fingerprint density at radius 2 is 1.02 bits per heavy atom. The number of benzene rings is 4. The molecule has 0 aliphatic carbocycles. The van der Waals surface area contributed by atoms with Gasteiger partial charge >= 0.3 is 5.97 Å². The number of hydrogen-bond acceptors (Lipinski definition) is 8. The number of carbonyl (C=O) groups is 5. The maximum Gasteiger partial charge on any atom is 0.335 e. The molecule has 4 heterocycles. The van der Waals surface area contributed by atoms with E-state index in [-0.39, 0.29) is 61.5 Å². The quantitative estimate of drug-likeness (QED) is 0.143. The molecule has 2 aliphatic rings. The molecule has 308 valence electrons. The number of carboxylic acids is 1. The number of aromatic nitrogens is 2. The number of amides is 2. The van der Waals surface area contributed by atoms with Crippen LogP contribution in [0.4, 0.5) is 0 Å². The molecule has 2 N–H and O–H groups in total. The third-order valence-corrected chi connectivity index (χ3v) is 11.2. The van der Waals surface area contributed by atoms with Gasteiger partial charge in [-0.25, -0.2) is 4.79 Å². The van der Waals surface area contributed by atoms with Crippen LogP contribution in [0, 0.1) is 0 Å². The van der Waals surface area contributed by atoms with Crippen molar-refractivity contribution in [1.29, 1.82) is 0 Å². The first-order valence-corrected chi connectivity index (χ1v) is 20.3. The Labute approximate surface area is 362 Å². The Hall–Kier alpha value is -6.53. The first kappa shape index (κ1) is 42.6. The van der Waals surface area contributed by atoms with E-state index in [1.807, 2.05) is 54.6 Å². The molecule has 2 aliphatic heterocycles. The number of fused-ring (bicyclic) bond motifs is 2. The highest BCUT2D eigenvalue weighted by molar-refractivity contribution is 6.31. The van der Waals surface area contributed by atoms with Crippen LogP contribution in [0.25, 0.3) is 0 Å². The van der Waals surface area contributed by atoms with E-state index < -0.39 is 18.1 Å². The highest BCUT2D eigenvalue weighted by atomic mass is 35.5. The molecule has 0 fully saturated rings. The van der Waals surface area contributed by atoms with E-state index in [0.29, 0.717) is 50.8 Å². The van der Waals surface area contributed by atoms with Gasteiger partial charge in [0.25, 0.3) is 11.8 Å². The SMILES string of the molecule is O=C(O)c1ccc(CN2C(=O)c3ccc(Cl)cc3CC(=O)[C@H]2Cc2ccccn2)cc1.O=C1Cc2cc(Cl)ccc2C(=O)N(Cc2ccc(CO)cc2)[C@@H]1Cc1ccccn1. The fourth-order valence-corrected chi connectivity index (χ4v) is 7.92. The number of aromatic carboxylic acids is 1. The number of halogens is 2. The summed E-state index contributed by atoms with van der Waals surface area (Å²) in [5.41, 5.74) is 6.25. The summed E-state index contributed by atoms with van der Waals surface area (Å²) >= 11 is 12.2. The lowest BCUT2D eigenvalue weighted by Crippen LogP contribution is -2.44. The summed E-state index contributed by atoms with van der Waals surface area (Å²) in [6.07, 6.45) is 4.24. The molecule has 0 saturated carbocycles. The van der Waals surface area contributed by atoms with Crippen LogP contribution in [-0.2, 0) is 55.0 Å². The van der Waals surface area contributed by atoms with Gasteiger partial charge in [-0.15, -0.1) is 0 Å². The van der Waals surface area contributed by atoms with Crippen molar-refractivity contribution in [2.45, 2.75) is 57.5 Å². The molecule has 0 unspecified atom stereocenters. The van der Waals surface area contributed by atoms with Gasteiger partial charge in [0, 0.05) is 83.7 Å². The van der Waals surface area contributed by atoms with Gasteiger partial charge < -0.3 is 20.0 Å². The molecule has 61 heavy (non-hydrogen) atoms. The Kier molecular flexibility index (Phi) is 13.4. The van der Waals surface area contributed by atoms with E-state index in [1.54, 1.807) is 76.8 Å². The van der Waals surface area contributed by atoms with Crippen molar-refractivity contribution >= 4 is 52.6 Å². The van der Waals surface area contributed by atoms with Gasteiger partial charge in [-0.1, -0.05) is 71.7 Å². The van der Waals surface area contributed by atoms with Gasteiger partial charge in [0.2, 0.25) is 0 Å². The number of carboxylic acid groups (broad SMARTS) is 1. The molecule has 2 amide bonds. The second-order valence-electron chi connectivity index (χ2n) is 14.8. The predicted octanol–water partition coefficient (Wildman–Crippen LogP) is 7.42. The average Bonchev–Trinajstić information content (AvgIpc) is 3.41. The number of aliphatic hydroxyl groups excluding tert-OH is 1. The van der Waals surface area contributed by atoms with Crippen molar-refractivity contribution in [2.75, 3.05) is 0 Å². The molecule has 0 spiro atoms. The largest absolute Gasteiger partial charge is 0.478 e. The molecule has 0 saturated heterocycles. The summed E-state index contributed by atoms with van der Waals surface area (Å²) in [6.45, 7) is 0.414. The van der Waals surface area contributed by atoms with Crippen LogP contribution in [0.5, 0.6) is 0 Å². The van der Waals surface area contributed by atoms with E-state index in [0.717, 1.165) is 22.4 Å². The zero-order valence-corrected chi connectivity index (χ0v) is 34.3. The monoisotopic (exact) mass is 854 g/mol. The summed E-state index contributed by atoms with van der Waals surface area (Å²) in [5.74, 6) is -1.61. The van der Waals surface area contributed by atoms with E-state index >= 15 is 0 Å². The van der Waals surface area contributed by atoms with Gasteiger partial charge in [0.15, 0.2) is 11.6 Å². The summed E-state index contributed by atoms with van der Waals surface area (Å²) in [5, 5.41) is 19.4. The summed E-state index contributed by atoms with van der Waals surface area (Å²) < 4.78 is 0. The third kappa shape index (κ3) is 10.3. The number of aliphatic hydroxyl groups is 1. The van der Waals surface area contributed by atoms with Crippen LogP contribution < -0.4 is 0 Å². The molecule has 0 radical (unpaired) electrons. The van der Waals surface area contributed by atoms with E-state index in [9.17, 15) is 29.1 Å². The van der Waals surface area contributed by atoms with Crippen molar-refractivity contribution in [3.8, 4) is 0 Å². The van der Waals surface area contributed by atoms with Crippen LogP contribution in [0.2, 0.25) is 10.0 Å². The fraction of sp³-hybridized carbons (Fsp3) is 0.188. The van der Waals surface area contributed by atoms with E-state index in [1.165, 1.54) is 12.1 Å². The Morgan fingerprint density at radius 3 is 1.41 bits per heavy atom. The first-order chi connectivity index (χ1) is 29.5. The molecule has 2 aromatic heterocycles. The molecule has 2 atom stereocenters. The zero-order chi connectivity index (χ0) is 43.0. The summed E-state index contributed by atoms with van der Waals surface area (Å²) in [6, 6.07) is 33.4. The van der Waals surface area contributed by atoms with E-state index in [4.69, 9.17) is 28.3 Å². The standard InChI is InChI=1S/C24H19ClN2O4.C24H21ClN2O3/c25-18-8-9-20-17(11-18)12-22(28)21(13-19-3-1-2-10-26-19)27(23(20)29)14-15-4-6-16(7-5-15)24(30)31;25-19-8-9-21-18(11-19)12-23(29)22(13-20-3-1-2-10-26-20)27(24(21)30)14-16-4-6-17(15-28)7-5-16/h1-11,21H,12-14H2,(H,30,31);1-11,22,28H,12-15H2/t21-;22-/m11/s1.